The second kappa shape index (κ2) is 10.7. The van der Waals surface area contributed by atoms with Gasteiger partial charge in [-0.15, -0.1) is 10.2 Å². The molecule has 4 heterocycles. The molecular weight excluding hydrogens is 549 g/mol. The molecule has 19 heteroatoms. The van der Waals surface area contributed by atoms with Crippen LogP contribution in [0, 0.1) is 5.92 Å². The van der Waals surface area contributed by atoms with Crippen LogP contribution in [-0.4, -0.2) is 111 Å². The van der Waals surface area contributed by atoms with Crippen LogP contribution in [0.3, 0.4) is 0 Å². The van der Waals surface area contributed by atoms with Gasteiger partial charge in [-0.25, -0.2) is 4.68 Å². The maximum absolute atomic E-state index is 12.5. The number of tetrazole rings is 1. The molecule has 0 radical (unpaired) electrons. The summed E-state index contributed by atoms with van der Waals surface area (Å²) in [5.74, 6) is 1.03. The van der Waals surface area contributed by atoms with Gasteiger partial charge in [0.15, 0.2) is 23.0 Å². The largest absolute Gasteiger partial charge is 0.387 e. The van der Waals surface area contributed by atoms with Crippen molar-refractivity contribution in [2.45, 2.75) is 49.1 Å². The fraction of sp³-hybridized carbons (Fsp3) is 0.684. The van der Waals surface area contributed by atoms with E-state index in [2.05, 4.69) is 41.0 Å². The molecule has 2 unspecified atom stereocenters. The number of ether oxygens (including phenoxy) is 3. The van der Waals surface area contributed by atoms with Crippen molar-refractivity contribution in [3.8, 4) is 0 Å². The highest BCUT2D eigenvalue weighted by Crippen LogP contribution is 2.53. The zero-order valence-electron chi connectivity index (χ0n) is 20.1. The van der Waals surface area contributed by atoms with Crippen LogP contribution in [0.5, 0.6) is 0 Å². The number of nitrogens with zero attached hydrogens (tertiary/aromatic N) is 7. The molecule has 5 rings (SSSR count). The first kappa shape index (κ1) is 27.2. The van der Waals surface area contributed by atoms with E-state index in [1.807, 2.05) is 0 Å². The summed E-state index contributed by atoms with van der Waals surface area (Å²) in [7, 11) is -3.75. The lowest BCUT2D eigenvalue weighted by molar-refractivity contribution is -0.113. The van der Waals surface area contributed by atoms with Crippen molar-refractivity contribution in [2.24, 2.45) is 5.92 Å². The topological polar surface area (TPSA) is 236 Å². The van der Waals surface area contributed by atoms with Gasteiger partial charge in [-0.2, -0.15) is 20.3 Å². The Kier molecular flexibility index (Phi) is 7.65. The van der Waals surface area contributed by atoms with E-state index in [1.165, 1.54) is 18.0 Å². The third-order valence-corrected chi connectivity index (χ3v) is 8.15. The third-order valence-electron chi connectivity index (χ3n) is 6.50. The molecule has 1 aliphatic carbocycles. The summed E-state index contributed by atoms with van der Waals surface area (Å²) in [5, 5.41) is 40.4. The first-order valence-corrected chi connectivity index (χ1v) is 13.7. The highest BCUT2D eigenvalue weighted by molar-refractivity contribution is 7.53. The summed E-state index contributed by atoms with van der Waals surface area (Å²) in [6.07, 6.45) is -2.06. The number of aliphatic hydroxyl groups is 2. The van der Waals surface area contributed by atoms with Crippen LogP contribution in [0.15, 0.2) is 6.20 Å². The van der Waals surface area contributed by atoms with Crippen LogP contribution in [0.2, 0.25) is 5.28 Å². The minimum Gasteiger partial charge on any atom is -0.387 e. The SMILES string of the molecule is COCC(Cc1nn[nH]n1)(OCC1O[C@@H](n2ncc3c(NCC4CC4)nc(Cl)nc32)[C@H](O)[C@@H]1O)P(=O)(O)O. The lowest BCUT2D eigenvalue weighted by atomic mass is 10.1. The number of H-pyrrole nitrogens is 1. The summed E-state index contributed by atoms with van der Waals surface area (Å²) >= 11 is 6.14. The van der Waals surface area contributed by atoms with Crippen LogP contribution in [-0.2, 0) is 25.2 Å². The molecule has 2 aliphatic rings. The molecule has 3 aromatic rings. The Morgan fingerprint density at radius 3 is 2.76 bits per heavy atom. The van der Waals surface area contributed by atoms with Crippen molar-refractivity contribution in [1.82, 2.24) is 40.4 Å². The van der Waals surface area contributed by atoms with Crippen molar-refractivity contribution >= 4 is 36.0 Å². The monoisotopic (exact) mass is 575 g/mol. The number of aliphatic hydroxyl groups excluding tert-OH is 2. The number of fused-ring (bicyclic) bond motifs is 1. The van der Waals surface area contributed by atoms with Crippen molar-refractivity contribution < 1.29 is 38.8 Å². The molecule has 5 atom stereocenters. The number of methoxy groups -OCH3 is 1. The summed E-state index contributed by atoms with van der Waals surface area (Å²) < 4.78 is 30.3. The van der Waals surface area contributed by atoms with Gasteiger partial charge in [0, 0.05) is 13.7 Å². The quantitative estimate of drug-likeness (QED) is 0.115. The van der Waals surface area contributed by atoms with Gasteiger partial charge in [0.2, 0.25) is 5.28 Å². The number of aromatic nitrogens is 8. The average molecular weight is 576 g/mol. The van der Waals surface area contributed by atoms with E-state index in [-0.39, 0.29) is 16.8 Å². The van der Waals surface area contributed by atoms with Crippen molar-refractivity contribution in [3.63, 3.8) is 0 Å². The number of hydrogen-bond donors (Lipinski definition) is 6. The van der Waals surface area contributed by atoms with Gasteiger partial charge in [0.05, 0.1) is 31.2 Å². The predicted molar refractivity (Wildman–Crippen MR) is 128 cm³/mol. The highest BCUT2D eigenvalue weighted by atomic mass is 35.5. The molecule has 2 fully saturated rings. The Balaban J connectivity index is 1.36. The predicted octanol–water partition coefficient (Wildman–Crippen LogP) is -0.786. The molecule has 0 spiro atoms. The maximum Gasteiger partial charge on any atom is 0.359 e. The molecule has 1 aliphatic heterocycles. The lowest BCUT2D eigenvalue weighted by Crippen LogP contribution is -2.44. The molecule has 6 N–H and O–H groups in total. The molecular formula is C19H27ClN9O8P. The smallest absolute Gasteiger partial charge is 0.359 e. The summed E-state index contributed by atoms with van der Waals surface area (Å²) in [6, 6.07) is 0. The fourth-order valence-corrected chi connectivity index (χ4v) is 5.29. The molecule has 1 saturated carbocycles. The van der Waals surface area contributed by atoms with Crippen LogP contribution in [0.1, 0.15) is 24.9 Å². The second-order valence-electron chi connectivity index (χ2n) is 9.28. The van der Waals surface area contributed by atoms with E-state index >= 15 is 0 Å². The van der Waals surface area contributed by atoms with Gasteiger partial charge in [-0.1, -0.05) is 5.21 Å². The summed E-state index contributed by atoms with van der Waals surface area (Å²) in [5.41, 5.74) is 0.266. The van der Waals surface area contributed by atoms with Crippen LogP contribution >= 0.6 is 19.2 Å². The Hall–Kier alpha value is -2.34. The fourth-order valence-electron chi connectivity index (χ4n) is 4.23. The van der Waals surface area contributed by atoms with Crippen LogP contribution in [0.25, 0.3) is 11.0 Å². The number of hydrogen-bond acceptors (Lipinski definition) is 13. The molecule has 0 bridgehead atoms. The summed E-state index contributed by atoms with van der Waals surface area (Å²) in [4.78, 5) is 28.7. The van der Waals surface area contributed by atoms with Gasteiger partial charge in [0.25, 0.3) is 0 Å². The first-order chi connectivity index (χ1) is 18.1. The van der Waals surface area contributed by atoms with Gasteiger partial charge >= 0.3 is 7.60 Å². The van der Waals surface area contributed by atoms with Crippen LogP contribution < -0.4 is 5.32 Å². The molecule has 0 aromatic carbocycles. The number of aromatic amines is 1. The molecule has 3 aromatic heterocycles. The van der Waals surface area contributed by atoms with Gasteiger partial charge < -0.3 is 39.5 Å². The van der Waals surface area contributed by atoms with Crippen molar-refractivity contribution in [1.29, 1.82) is 0 Å². The van der Waals surface area contributed by atoms with E-state index < -0.39 is 57.1 Å². The van der Waals surface area contributed by atoms with E-state index in [1.54, 1.807) is 0 Å². The van der Waals surface area contributed by atoms with Crippen LogP contribution in [0.4, 0.5) is 5.82 Å². The molecule has 208 valence electrons. The Labute approximate surface area is 220 Å². The Morgan fingerprint density at radius 1 is 1.32 bits per heavy atom. The van der Waals surface area contributed by atoms with Gasteiger partial charge in [-0.3, -0.25) is 4.57 Å². The van der Waals surface area contributed by atoms with E-state index in [0.29, 0.717) is 17.1 Å². The molecule has 38 heavy (non-hydrogen) atoms. The third kappa shape index (κ3) is 5.38. The van der Waals surface area contributed by atoms with Gasteiger partial charge in [0.1, 0.15) is 24.1 Å². The number of rotatable bonds is 12. The molecule has 1 saturated heterocycles. The van der Waals surface area contributed by atoms with Crippen molar-refractivity contribution in [3.05, 3.63) is 17.3 Å². The molecule has 17 nitrogen and oxygen atoms in total. The molecule has 0 amide bonds. The zero-order valence-corrected chi connectivity index (χ0v) is 21.7. The average Bonchev–Trinajstić information content (AvgIpc) is 3.24. The lowest BCUT2D eigenvalue weighted by Gasteiger charge is -2.33. The second-order valence-corrected chi connectivity index (χ2v) is 11.5. The number of halogens is 1. The Bertz CT molecular complexity index is 1300. The first-order valence-electron chi connectivity index (χ1n) is 11.7. The normalized spacial score (nSPS) is 25.6. The number of nitrogens with one attached hydrogen (secondary N) is 2. The number of anilines is 1. The highest BCUT2D eigenvalue weighted by Gasteiger charge is 2.52. The standard InChI is InChI=1S/C19H27ClN9O8P/c1-35-8-19(38(32,33)34,4-12-25-27-28-26-12)36-7-11-13(30)14(31)17(37-11)29-16-10(6-22-29)15(23-18(20)24-16)21-5-9-2-3-9/h6,9,11,13-14,17,30-31H,2-5,7-8H2,1H3,(H,21,23,24)(H2,32,33,34)(H,25,26,27,28)/t11?,13-,14-,17-,19?/m1/s1. The maximum atomic E-state index is 12.5. The Morgan fingerprint density at radius 2 is 2.11 bits per heavy atom. The van der Waals surface area contributed by atoms with E-state index in [9.17, 15) is 24.6 Å². The van der Waals surface area contributed by atoms with E-state index in [0.717, 1.165) is 19.4 Å². The minimum atomic E-state index is -5.00. The van der Waals surface area contributed by atoms with E-state index in [4.69, 9.17) is 25.8 Å². The van der Waals surface area contributed by atoms with Gasteiger partial charge in [-0.05, 0) is 30.4 Å². The zero-order chi connectivity index (χ0) is 27.1. The summed E-state index contributed by atoms with van der Waals surface area (Å²) in [6.45, 7) is -0.332. The van der Waals surface area contributed by atoms with Crippen molar-refractivity contribution in [2.75, 3.05) is 32.2 Å². The minimum absolute atomic E-state index is 0.0261.